The summed E-state index contributed by atoms with van der Waals surface area (Å²) in [6, 6.07) is 14.3. The molecule has 0 bridgehead atoms. The lowest BCUT2D eigenvalue weighted by Crippen LogP contribution is -1.97. The predicted molar refractivity (Wildman–Crippen MR) is 96.5 cm³/mol. The molecule has 0 aliphatic heterocycles. The Balaban J connectivity index is 2.04. The molecule has 1 N–H and O–H groups in total. The average Bonchev–Trinajstić information content (AvgIpc) is 2.88. The maximum atomic E-state index is 5.32. The lowest BCUT2D eigenvalue weighted by Gasteiger charge is -2.05. The minimum absolute atomic E-state index is 0.476. The van der Waals surface area contributed by atoms with E-state index in [0.717, 1.165) is 16.7 Å². The highest BCUT2D eigenvalue weighted by molar-refractivity contribution is 7.71. The molecule has 0 atom stereocenters. The molecule has 1 heterocycles. The second-order valence-electron chi connectivity index (χ2n) is 5.58. The number of aromatic amines is 1. The Kier molecular flexibility index (Phi) is 4.21. The van der Waals surface area contributed by atoms with Gasteiger partial charge in [0, 0.05) is 5.56 Å². The lowest BCUT2D eigenvalue weighted by atomic mass is 10.1. The lowest BCUT2D eigenvalue weighted by molar-refractivity contribution is 0.870. The first-order chi connectivity index (χ1) is 11.1. The predicted octanol–water partition coefficient (Wildman–Crippen LogP) is 4.42. The fraction of sp³-hybridized carbons (Fsp3) is 0.167. The van der Waals surface area contributed by atoms with E-state index in [1.54, 1.807) is 4.68 Å². The molecule has 0 amide bonds. The van der Waals surface area contributed by atoms with Gasteiger partial charge in [-0.25, -0.2) is 5.10 Å². The first-order valence-corrected chi connectivity index (χ1v) is 7.82. The van der Waals surface area contributed by atoms with E-state index in [4.69, 9.17) is 12.2 Å². The van der Waals surface area contributed by atoms with E-state index in [1.807, 2.05) is 37.4 Å². The molecule has 4 nitrogen and oxygen atoms in total. The molecule has 0 fully saturated rings. The number of nitrogens with one attached hydrogen (secondary N) is 1. The summed E-state index contributed by atoms with van der Waals surface area (Å²) in [6.07, 6.45) is 1.82. The van der Waals surface area contributed by atoms with E-state index in [2.05, 4.69) is 47.3 Å². The van der Waals surface area contributed by atoms with Crippen LogP contribution in [0.5, 0.6) is 0 Å². The zero-order chi connectivity index (χ0) is 16.4. The summed E-state index contributed by atoms with van der Waals surface area (Å²) >= 11 is 5.32. The number of benzene rings is 2. The van der Waals surface area contributed by atoms with Gasteiger partial charge in [-0.05, 0) is 49.7 Å². The number of H-pyrrole nitrogens is 1. The summed E-state index contributed by atoms with van der Waals surface area (Å²) in [7, 11) is 0. The maximum Gasteiger partial charge on any atom is 0.216 e. The number of nitrogens with zero attached hydrogens (tertiary/aromatic N) is 3. The van der Waals surface area contributed by atoms with Crippen molar-refractivity contribution in [1.29, 1.82) is 0 Å². The summed E-state index contributed by atoms with van der Waals surface area (Å²) < 4.78 is 2.14. The van der Waals surface area contributed by atoms with Gasteiger partial charge in [0.25, 0.3) is 0 Å². The third kappa shape index (κ3) is 3.14. The summed E-state index contributed by atoms with van der Waals surface area (Å²) in [5.74, 6) is 0.717. The minimum Gasteiger partial charge on any atom is -0.250 e. The van der Waals surface area contributed by atoms with E-state index in [1.165, 1.54) is 11.1 Å². The molecule has 0 saturated heterocycles. The fourth-order valence-corrected chi connectivity index (χ4v) is 2.67. The molecular formula is C18H18N4S. The van der Waals surface area contributed by atoms with E-state index >= 15 is 0 Å². The Morgan fingerprint density at radius 1 is 1.09 bits per heavy atom. The molecule has 3 rings (SSSR count). The fourth-order valence-electron chi connectivity index (χ4n) is 2.49. The summed E-state index contributed by atoms with van der Waals surface area (Å²) in [5, 5.41) is 11.7. The van der Waals surface area contributed by atoms with Crippen LogP contribution in [0.25, 0.3) is 11.4 Å². The van der Waals surface area contributed by atoms with Crippen molar-refractivity contribution in [3.63, 3.8) is 0 Å². The first kappa shape index (κ1) is 15.4. The highest BCUT2D eigenvalue weighted by Crippen LogP contribution is 2.21. The van der Waals surface area contributed by atoms with E-state index in [9.17, 15) is 0 Å². The van der Waals surface area contributed by atoms with Crippen LogP contribution in [0, 0.1) is 25.5 Å². The van der Waals surface area contributed by atoms with Gasteiger partial charge in [-0.3, -0.25) is 0 Å². The topological polar surface area (TPSA) is 46.0 Å². The highest BCUT2D eigenvalue weighted by atomic mass is 32.1. The van der Waals surface area contributed by atoms with Crippen molar-refractivity contribution in [1.82, 2.24) is 14.9 Å². The zero-order valence-electron chi connectivity index (χ0n) is 13.4. The molecule has 0 saturated carbocycles. The van der Waals surface area contributed by atoms with Crippen LogP contribution in [0.3, 0.4) is 0 Å². The van der Waals surface area contributed by atoms with Gasteiger partial charge in [0.2, 0.25) is 4.77 Å². The van der Waals surface area contributed by atoms with Crippen LogP contribution < -0.4 is 0 Å². The number of hydrogen-bond donors (Lipinski definition) is 1. The SMILES string of the molecule is Cc1ccc(/C=N/n2c(-c3ccccc3C)n[nH]c2=S)c(C)c1. The van der Waals surface area contributed by atoms with Crippen LogP contribution in [-0.2, 0) is 0 Å². The Bertz CT molecular complexity index is 934. The molecule has 2 aromatic carbocycles. The number of rotatable bonds is 3. The molecule has 0 radical (unpaired) electrons. The average molecular weight is 322 g/mol. The second kappa shape index (κ2) is 6.30. The van der Waals surface area contributed by atoms with Gasteiger partial charge < -0.3 is 0 Å². The highest BCUT2D eigenvalue weighted by Gasteiger charge is 2.10. The molecule has 116 valence electrons. The van der Waals surface area contributed by atoms with Crippen LogP contribution in [0.1, 0.15) is 22.3 Å². The third-order valence-corrected chi connectivity index (χ3v) is 4.04. The van der Waals surface area contributed by atoms with Gasteiger partial charge in [-0.1, -0.05) is 48.0 Å². The standard InChI is InChI=1S/C18H18N4S/c1-12-8-9-15(14(3)10-12)11-19-22-17(20-21-18(22)23)16-7-5-4-6-13(16)2/h4-11H,1-3H3,(H,21,23)/b19-11+. The number of hydrogen-bond acceptors (Lipinski definition) is 3. The normalized spacial score (nSPS) is 11.3. The van der Waals surface area contributed by atoms with Crippen LogP contribution in [0.4, 0.5) is 0 Å². The Morgan fingerprint density at radius 2 is 1.87 bits per heavy atom. The zero-order valence-corrected chi connectivity index (χ0v) is 14.2. The molecule has 0 unspecified atom stereocenters. The van der Waals surface area contributed by atoms with Gasteiger partial charge in [-0.2, -0.15) is 14.9 Å². The van der Waals surface area contributed by atoms with E-state index in [0.29, 0.717) is 10.6 Å². The summed E-state index contributed by atoms with van der Waals surface area (Å²) in [4.78, 5) is 0. The number of aromatic nitrogens is 3. The van der Waals surface area contributed by atoms with Gasteiger partial charge in [0.15, 0.2) is 5.82 Å². The van der Waals surface area contributed by atoms with Crippen LogP contribution >= 0.6 is 12.2 Å². The van der Waals surface area contributed by atoms with Crippen molar-refractivity contribution in [2.75, 3.05) is 0 Å². The molecule has 0 aliphatic carbocycles. The molecule has 0 spiro atoms. The second-order valence-corrected chi connectivity index (χ2v) is 5.97. The quantitative estimate of drug-likeness (QED) is 0.573. The van der Waals surface area contributed by atoms with Crippen LogP contribution in [0.2, 0.25) is 0 Å². The van der Waals surface area contributed by atoms with Crippen LogP contribution in [0.15, 0.2) is 47.6 Å². The monoisotopic (exact) mass is 322 g/mol. The first-order valence-electron chi connectivity index (χ1n) is 7.41. The van der Waals surface area contributed by atoms with Crippen molar-refractivity contribution >= 4 is 18.4 Å². The molecule has 1 aromatic heterocycles. The Labute approximate surface area is 140 Å². The molecule has 0 aliphatic rings. The largest absolute Gasteiger partial charge is 0.250 e. The van der Waals surface area contributed by atoms with Gasteiger partial charge >= 0.3 is 0 Å². The van der Waals surface area contributed by atoms with Crippen molar-refractivity contribution in [2.45, 2.75) is 20.8 Å². The van der Waals surface area contributed by atoms with E-state index in [-0.39, 0.29) is 0 Å². The number of aryl methyl sites for hydroxylation is 3. The summed E-state index contributed by atoms with van der Waals surface area (Å²) in [5.41, 5.74) is 5.62. The Morgan fingerprint density at radius 3 is 2.61 bits per heavy atom. The molecule has 23 heavy (non-hydrogen) atoms. The summed E-state index contributed by atoms with van der Waals surface area (Å²) in [6.45, 7) is 6.20. The van der Waals surface area contributed by atoms with Crippen molar-refractivity contribution < 1.29 is 0 Å². The third-order valence-electron chi connectivity index (χ3n) is 3.77. The molecule has 5 heteroatoms. The van der Waals surface area contributed by atoms with Crippen LogP contribution in [-0.4, -0.2) is 21.1 Å². The van der Waals surface area contributed by atoms with Gasteiger partial charge in [0.1, 0.15) is 0 Å². The van der Waals surface area contributed by atoms with Gasteiger partial charge in [-0.15, -0.1) is 0 Å². The van der Waals surface area contributed by atoms with Crippen molar-refractivity contribution in [2.24, 2.45) is 5.10 Å². The smallest absolute Gasteiger partial charge is 0.216 e. The minimum atomic E-state index is 0.476. The molecular weight excluding hydrogens is 304 g/mol. The Hall–Kier alpha value is -2.53. The van der Waals surface area contributed by atoms with Crippen molar-refractivity contribution in [3.05, 3.63) is 69.5 Å². The van der Waals surface area contributed by atoms with Crippen molar-refractivity contribution in [3.8, 4) is 11.4 Å². The van der Waals surface area contributed by atoms with E-state index < -0.39 is 0 Å². The maximum absolute atomic E-state index is 5.32. The van der Waals surface area contributed by atoms with Gasteiger partial charge in [0.05, 0.1) is 6.21 Å². The molecule has 3 aromatic rings.